The van der Waals surface area contributed by atoms with Crippen LogP contribution in [0.4, 0.5) is 5.69 Å². The maximum absolute atomic E-state index is 14.2. The van der Waals surface area contributed by atoms with Crippen molar-refractivity contribution in [3.63, 3.8) is 0 Å². The van der Waals surface area contributed by atoms with Crippen molar-refractivity contribution >= 4 is 28.3 Å². The van der Waals surface area contributed by atoms with Gasteiger partial charge in [0.2, 0.25) is 11.8 Å². The second kappa shape index (κ2) is 9.03. The summed E-state index contributed by atoms with van der Waals surface area (Å²) in [5.41, 5.74) is 4.06. The fraction of sp³-hybridized carbons (Fsp3) is 0.290. The van der Waals surface area contributed by atoms with Crippen molar-refractivity contribution in [1.82, 2.24) is 20.2 Å². The van der Waals surface area contributed by atoms with E-state index in [9.17, 15) is 9.59 Å². The fourth-order valence-electron chi connectivity index (χ4n) is 6.45. The Balaban J connectivity index is 1.24. The van der Waals surface area contributed by atoms with Crippen molar-refractivity contribution in [1.29, 1.82) is 0 Å². The van der Waals surface area contributed by atoms with E-state index in [4.69, 9.17) is 4.98 Å². The first-order chi connectivity index (χ1) is 18.7. The van der Waals surface area contributed by atoms with Crippen LogP contribution < -0.4 is 10.2 Å². The maximum Gasteiger partial charge on any atom is 0.241 e. The summed E-state index contributed by atoms with van der Waals surface area (Å²) in [6, 6.07) is 20.2. The summed E-state index contributed by atoms with van der Waals surface area (Å²) >= 11 is 0. The normalized spacial score (nSPS) is 18.6. The van der Waals surface area contributed by atoms with E-state index in [1.807, 2.05) is 64.7 Å². The molecule has 3 aliphatic rings. The van der Waals surface area contributed by atoms with Crippen LogP contribution in [0.5, 0.6) is 0 Å². The molecule has 0 saturated carbocycles. The molecule has 3 aliphatic heterocycles. The predicted molar refractivity (Wildman–Crippen MR) is 146 cm³/mol. The standard InChI is InChI=1S/C31H29N5O2/c37-29(21-11-14-32-15-12-21)35-19-31(20-35)25-9-3-4-10-27(25)36(30(31)38)18-26-28(23-7-5-13-33-16-23)24-8-2-1-6-22(24)17-34-26/h1-10,13,16-17,21,32H,11-12,14-15,18-20H2. The number of hydrogen-bond acceptors (Lipinski definition) is 5. The van der Waals surface area contributed by atoms with Gasteiger partial charge in [0.25, 0.3) is 0 Å². The number of amides is 2. The van der Waals surface area contributed by atoms with Gasteiger partial charge in [-0.3, -0.25) is 19.6 Å². The number of carbonyl (C=O) groups excluding carboxylic acids is 2. The Labute approximate surface area is 221 Å². The van der Waals surface area contributed by atoms with Crippen LogP contribution >= 0.6 is 0 Å². The van der Waals surface area contributed by atoms with Crippen molar-refractivity contribution in [3.05, 3.63) is 90.5 Å². The number of nitrogens with zero attached hydrogens (tertiary/aromatic N) is 4. The van der Waals surface area contributed by atoms with Crippen LogP contribution in [0.15, 0.2) is 79.3 Å². The van der Waals surface area contributed by atoms with E-state index in [0.717, 1.165) is 64.8 Å². The Morgan fingerprint density at radius 3 is 2.58 bits per heavy atom. The molecule has 4 aromatic rings. The van der Waals surface area contributed by atoms with E-state index >= 15 is 0 Å². The predicted octanol–water partition coefficient (Wildman–Crippen LogP) is 3.92. The summed E-state index contributed by atoms with van der Waals surface area (Å²) < 4.78 is 0. The lowest BCUT2D eigenvalue weighted by Gasteiger charge is -2.48. The Morgan fingerprint density at radius 2 is 1.76 bits per heavy atom. The SMILES string of the molecule is O=C(C1CCNCC1)N1CC2(C1)C(=O)N(Cc1ncc3ccccc3c1-c1cccnc1)c1ccccc12. The molecular weight excluding hydrogens is 474 g/mol. The van der Waals surface area contributed by atoms with Gasteiger partial charge in [-0.25, -0.2) is 0 Å². The van der Waals surface area contributed by atoms with Crippen molar-refractivity contribution in [2.45, 2.75) is 24.8 Å². The Morgan fingerprint density at radius 1 is 0.974 bits per heavy atom. The van der Waals surface area contributed by atoms with Crippen molar-refractivity contribution < 1.29 is 9.59 Å². The molecule has 5 heterocycles. The molecule has 0 atom stereocenters. The number of pyridine rings is 2. The minimum atomic E-state index is -0.676. The Bertz CT molecular complexity index is 1540. The van der Waals surface area contributed by atoms with E-state index in [1.165, 1.54) is 0 Å². The van der Waals surface area contributed by atoms with Gasteiger partial charge in [0.1, 0.15) is 5.41 Å². The van der Waals surface area contributed by atoms with Crippen LogP contribution in [0.2, 0.25) is 0 Å². The van der Waals surface area contributed by atoms with E-state index in [0.29, 0.717) is 19.6 Å². The van der Waals surface area contributed by atoms with Crippen molar-refractivity contribution in [2.24, 2.45) is 5.92 Å². The molecule has 0 radical (unpaired) electrons. The number of hydrogen-bond donors (Lipinski definition) is 1. The number of likely N-dealkylation sites (tertiary alicyclic amines) is 1. The number of para-hydroxylation sites is 1. The molecule has 0 unspecified atom stereocenters. The minimum absolute atomic E-state index is 0.0557. The molecule has 0 bridgehead atoms. The van der Waals surface area contributed by atoms with Crippen LogP contribution in [0.25, 0.3) is 21.9 Å². The van der Waals surface area contributed by atoms with Crippen molar-refractivity contribution in [3.8, 4) is 11.1 Å². The average Bonchev–Trinajstić information content (AvgIpc) is 3.20. The number of piperidine rings is 1. The molecule has 2 saturated heterocycles. The number of rotatable bonds is 4. The summed E-state index contributed by atoms with van der Waals surface area (Å²) in [6.45, 7) is 3.01. The summed E-state index contributed by atoms with van der Waals surface area (Å²) in [7, 11) is 0. The molecule has 1 spiro atoms. The van der Waals surface area contributed by atoms with Gasteiger partial charge in [0, 0.05) is 59.8 Å². The molecular formula is C31H29N5O2. The molecule has 2 aromatic heterocycles. The zero-order chi connectivity index (χ0) is 25.7. The minimum Gasteiger partial charge on any atom is -0.339 e. The van der Waals surface area contributed by atoms with Gasteiger partial charge in [-0.05, 0) is 49.0 Å². The largest absolute Gasteiger partial charge is 0.339 e. The van der Waals surface area contributed by atoms with Gasteiger partial charge in [0.15, 0.2) is 0 Å². The first-order valence-corrected chi connectivity index (χ1v) is 13.3. The fourth-order valence-corrected chi connectivity index (χ4v) is 6.45. The summed E-state index contributed by atoms with van der Waals surface area (Å²) in [4.78, 5) is 40.3. The van der Waals surface area contributed by atoms with E-state index in [1.54, 1.807) is 6.20 Å². The molecule has 0 aliphatic carbocycles. The second-order valence-corrected chi connectivity index (χ2v) is 10.6. The number of benzene rings is 2. The van der Waals surface area contributed by atoms with Crippen molar-refractivity contribution in [2.75, 3.05) is 31.1 Å². The zero-order valence-electron chi connectivity index (χ0n) is 21.1. The molecule has 1 N–H and O–H groups in total. The smallest absolute Gasteiger partial charge is 0.241 e. The zero-order valence-corrected chi connectivity index (χ0v) is 21.1. The number of fused-ring (bicyclic) bond motifs is 3. The molecule has 190 valence electrons. The molecule has 7 heteroatoms. The third-order valence-electron chi connectivity index (χ3n) is 8.42. The molecule has 7 nitrogen and oxygen atoms in total. The molecule has 2 fully saturated rings. The molecule has 2 aromatic carbocycles. The van der Waals surface area contributed by atoms with Gasteiger partial charge in [-0.2, -0.15) is 0 Å². The maximum atomic E-state index is 14.2. The first kappa shape index (κ1) is 23.0. The molecule has 2 amide bonds. The number of aromatic nitrogens is 2. The third kappa shape index (κ3) is 3.53. The lowest BCUT2D eigenvalue weighted by atomic mass is 9.74. The quantitative estimate of drug-likeness (QED) is 0.457. The summed E-state index contributed by atoms with van der Waals surface area (Å²) in [6.07, 6.45) is 7.23. The number of anilines is 1. The molecule has 7 rings (SSSR count). The van der Waals surface area contributed by atoms with Crippen LogP contribution in [-0.2, 0) is 21.5 Å². The lowest BCUT2D eigenvalue weighted by molar-refractivity contribution is -0.148. The summed E-state index contributed by atoms with van der Waals surface area (Å²) in [5.74, 6) is 0.302. The van der Waals surface area contributed by atoms with Gasteiger partial charge >= 0.3 is 0 Å². The number of carbonyl (C=O) groups is 2. The Kier molecular flexibility index (Phi) is 5.48. The van der Waals surface area contributed by atoms with E-state index < -0.39 is 5.41 Å². The van der Waals surface area contributed by atoms with Crippen LogP contribution in [0.1, 0.15) is 24.1 Å². The average molecular weight is 504 g/mol. The van der Waals surface area contributed by atoms with Gasteiger partial charge in [-0.15, -0.1) is 0 Å². The van der Waals surface area contributed by atoms with E-state index in [-0.39, 0.29) is 17.7 Å². The molecule has 38 heavy (non-hydrogen) atoms. The highest BCUT2D eigenvalue weighted by atomic mass is 16.2. The Hall–Kier alpha value is -4.10. The third-order valence-corrected chi connectivity index (χ3v) is 8.42. The number of nitrogens with one attached hydrogen (secondary N) is 1. The highest BCUT2D eigenvalue weighted by Crippen LogP contribution is 2.48. The first-order valence-electron chi connectivity index (χ1n) is 13.3. The summed E-state index contributed by atoms with van der Waals surface area (Å²) in [5, 5.41) is 5.46. The van der Waals surface area contributed by atoms with E-state index in [2.05, 4.69) is 28.5 Å². The monoisotopic (exact) mass is 503 g/mol. The highest BCUT2D eigenvalue weighted by molar-refractivity contribution is 6.10. The lowest BCUT2D eigenvalue weighted by Crippen LogP contribution is -2.66. The van der Waals surface area contributed by atoms with Gasteiger partial charge in [0.05, 0.1) is 12.2 Å². The topological polar surface area (TPSA) is 78.4 Å². The van der Waals surface area contributed by atoms with Crippen LogP contribution in [-0.4, -0.2) is 52.9 Å². The van der Waals surface area contributed by atoms with Gasteiger partial charge in [-0.1, -0.05) is 48.5 Å². The van der Waals surface area contributed by atoms with Crippen LogP contribution in [0.3, 0.4) is 0 Å². The van der Waals surface area contributed by atoms with Gasteiger partial charge < -0.3 is 15.1 Å². The van der Waals surface area contributed by atoms with Crippen LogP contribution in [0, 0.1) is 5.92 Å². The highest BCUT2D eigenvalue weighted by Gasteiger charge is 2.59. The second-order valence-electron chi connectivity index (χ2n) is 10.6.